The third-order valence-corrected chi connectivity index (χ3v) is 4.37. The zero-order valence-electron chi connectivity index (χ0n) is 13.6. The number of oxazole rings is 1. The van der Waals surface area contributed by atoms with Crippen LogP contribution in [0.15, 0.2) is 16.5 Å². The molecule has 1 saturated carbocycles. The minimum atomic E-state index is -4.53. The van der Waals surface area contributed by atoms with Gasteiger partial charge in [-0.1, -0.05) is 13.8 Å². The molecule has 2 unspecified atom stereocenters. The molecule has 1 aromatic carbocycles. The SMILES string of the molecule is CC(C)c1nc2cc(CNC3CCCC3F)cc(C(F)(F)F)c2o1. The fourth-order valence-electron chi connectivity index (χ4n) is 3.06. The summed E-state index contributed by atoms with van der Waals surface area (Å²) in [6, 6.07) is 2.35. The van der Waals surface area contributed by atoms with Crippen LogP contribution in [0.25, 0.3) is 11.1 Å². The van der Waals surface area contributed by atoms with E-state index < -0.39 is 17.9 Å². The van der Waals surface area contributed by atoms with E-state index in [0.29, 0.717) is 18.4 Å². The van der Waals surface area contributed by atoms with Crippen LogP contribution in [0.3, 0.4) is 0 Å². The van der Waals surface area contributed by atoms with Gasteiger partial charge in [-0.3, -0.25) is 0 Å². The van der Waals surface area contributed by atoms with Gasteiger partial charge in [-0.2, -0.15) is 13.2 Å². The Morgan fingerprint density at radius 2 is 2.04 bits per heavy atom. The molecule has 1 fully saturated rings. The fraction of sp³-hybridized carbons (Fsp3) is 0.588. The van der Waals surface area contributed by atoms with E-state index in [4.69, 9.17) is 4.42 Å². The van der Waals surface area contributed by atoms with E-state index in [-0.39, 0.29) is 35.5 Å². The highest BCUT2D eigenvalue weighted by Crippen LogP contribution is 2.37. The van der Waals surface area contributed by atoms with Crippen LogP contribution >= 0.6 is 0 Å². The first-order valence-corrected chi connectivity index (χ1v) is 8.13. The van der Waals surface area contributed by atoms with Crippen molar-refractivity contribution in [2.24, 2.45) is 0 Å². The van der Waals surface area contributed by atoms with Gasteiger partial charge in [-0.05, 0) is 37.0 Å². The predicted molar refractivity (Wildman–Crippen MR) is 82.5 cm³/mol. The first-order chi connectivity index (χ1) is 11.3. The van der Waals surface area contributed by atoms with E-state index in [9.17, 15) is 17.6 Å². The molecule has 132 valence electrons. The van der Waals surface area contributed by atoms with Crippen LogP contribution in [0.1, 0.15) is 56.0 Å². The van der Waals surface area contributed by atoms with Crippen molar-refractivity contribution < 1.29 is 22.0 Å². The Morgan fingerprint density at radius 1 is 1.29 bits per heavy atom. The number of nitrogens with zero attached hydrogens (tertiary/aromatic N) is 1. The fourth-order valence-corrected chi connectivity index (χ4v) is 3.06. The molecule has 0 spiro atoms. The number of rotatable bonds is 4. The lowest BCUT2D eigenvalue weighted by Crippen LogP contribution is -2.32. The second-order valence-corrected chi connectivity index (χ2v) is 6.63. The van der Waals surface area contributed by atoms with Gasteiger partial charge >= 0.3 is 6.18 Å². The summed E-state index contributed by atoms with van der Waals surface area (Å²) < 4.78 is 59.0. The summed E-state index contributed by atoms with van der Waals surface area (Å²) in [5, 5.41) is 3.02. The van der Waals surface area contributed by atoms with Gasteiger partial charge in [0, 0.05) is 18.5 Å². The number of benzene rings is 1. The van der Waals surface area contributed by atoms with Crippen LogP contribution in [0.2, 0.25) is 0 Å². The largest absolute Gasteiger partial charge is 0.440 e. The quantitative estimate of drug-likeness (QED) is 0.798. The van der Waals surface area contributed by atoms with E-state index in [1.165, 1.54) is 0 Å². The molecule has 2 aromatic rings. The Morgan fingerprint density at radius 3 is 2.62 bits per heavy atom. The third kappa shape index (κ3) is 3.41. The molecule has 3 nitrogen and oxygen atoms in total. The van der Waals surface area contributed by atoms with Gasteiger partial charge in [0.15, 0.2) is 11.5 Å². The molecule has 0 aliphatic heterocycles. The second-order valence-electron chi connectivity index (χ2n) is 6.63. The maximum Gasteiger partial charge on any atom is 0.420 e. The van der Waals surface area contributed by atoms with Gasteiger partial charge < -0.3 is 9.73 Å². The summed E-state index contributed by atoms with van der Waals surface area (Å²) in [6.45, 7) is 3.79. The number of hydrogen-bond donors (Lipinski definition) is 1. The lowest BCUT2D eigenvalue weighted by Gasteiger charge is -2.15. The van der Waals surface area contributed by atoms with Gasteiger partial charge in [0.2, 0.25) is 0 Å². The molecule has 0 saturated heterocycles. The first-order valence-electron chi connectivity index (χ1n) is 8.13. The van der Waals surface area contributed by atoms with Gasteiger partial charge in [0.1, 0.15) is 17.3 Å². The van der Waals surface area contributed by atoms with Crippen LogP contribution in [0, 0.1) is 0 Å². The van der Waals surface area contributed by atoms with Gasteiger partial charge in [-0.25, -0.2) is 9.37 Å². The topological polar surface area (TPSA) is 38.1 Å². The van der Waals surface area contributed by atoms with Crippen LogP contribution in [0.5, 0.6) is 0 Å². The van der Waals surface area contributed by atoms with E-state index in [0.717, 1.165) is 12.5 Å². The van der Waals surface area contributed by atoms with Gasteiger partial charge in [0.05, 0.1) is 0 Å². The van der Waals surface area contributed by atoms with Crippen LogP contribution in [-0.4, -0.2) is 17.2 Å². The Bertz CT molecular complexity index is 723. The number of fused-ring (bicyclic) bond motifs is 1. The van der Waals surface area contributed by atoms with Crippen LogP contribution in [-0.2, 0) is 12.7 Å². The van der Waals surface area contributed by atoms with Crippen molar-refractivity contribution in [2.45, 2.75) is 64.0 Å². The van der Waals surface area contributed by atoms with Crippen LogP contribution < -0.4 is 5.32 Å². The standard InChI is InChI=1S/C17H20F4N2O/c1-9(2)16-23-14-7-10(8-22-13-5-3-4-12(13)18)6-11(15(14)24-16)17(19,20)21/h6-7,9,12-13,22H,3-5,8H2,1-2H3. The van der Waals surface area contributed by atoms with Crippen molar-refractivity contribution in [3.63, 3.8) is 0 Å². The third-order valence-electron chi connectivity index (χ3n) is 4.37. The summed E-state index contributed by atoms with van der Waals surface area (Å²) in [7, 11) is 0. The molecule has 1 heterocycles. The van der Waals surface area contributed by atoms with Crippen molar-refractivity contribution in [1.82, 2.24) is 10.3 Å². The smallest absolute Gasteiger partial charge is 0.420 e. The molecular formula is C17H20F4N2O. The summed E-state index contributed by atoms with van der Waals surface area (Å²) >= 11 is 0. The minimum absolute atomic E-state index is 0.106. The Balaban J connectivity index is 1.93. The molecule has 24 heavy (non-hydrogen) atoms. The average molecular weight is 344 g/mol. The number of alkyl halides is 4. The molecule has 7 heteroatoms. The van der Waals surface area contributed by atoms with Crippen LogP contribution in [0.4, 0.5) is 17.6 Å². The molecule has 0 radical (unpaired) electrons. The molecule has 0 amide bonds. The second kappa shape index (κ2) is 6.35. The van der Waals surface area contributed by atoms with Crippen molar-refractivity contribution in [3.8, 4) is 0 Å². The Labute approximate surface area is 137 Å². The molecule has 1 aliphatic carbocycles. The zero-order chi connectivity index (χ0) is 17.5. The molecule has 3 rings (SSSR count). The van der Waals surface area contributed by atoms with Crippen molar-refractivity contribution in [2.75, 3.05) is 0 Å². The minimum Gasteiger partial charge on any atom is -0.440 e. The predicted octanol–water partition coefficient (Wildman–Crippen LogP) is 4.95. The number of halogens is 4. The Hall–Kier alpha value is -1.63. The van der Waals surface area contributed by atoms with E-state index in [1.807, 2.05) is 13.8 Å². The highest BCUT2D eigenvalue weighted by Gasteiger charge is 2.36. The monoisotopic (exact) mass is 344 g/mol. The maximum atomic E-state index is 13.6. The first kappa shape index (κ1) is 17.2. The molecular weight excluding hydrogens is 324 g/mol. The molecule has 1 aliphatic rings. The van der Waals surface area contributed by atoms with Crippen molar-refractivity contribution >= 4 is 11.1 Å². The average Bonchev–Trinajstić information content (AvgIpc) is 3.09. The molecule has 1 aromatic heterocycles. The van der Waals surface area contributed by atoms with E-state index in [1.54, 1.807) is 6.07 Å². The summed E-state index contributed by atoms with van der Waals surface area (Å²) in [5.74, 6) is 0.172. The zero-order valence-corrected chi connectivity index (χ0v) is 13.6. The van der Waals surface area contributed by atoms with Crippen molar-refractivity contribution in [1.29, 1.82) is 0 Å². The Kier molecular flexibility index (Phi) is 4.55. The molecule has 0 bridgehead atoms. The number of nitrogens with one attached hydrogen (secondary N) is 1. The van der Waals surface area contributed by atoms with E-state index in [2.05, 4.69) is 10.3 Å². The number of hydrogen-bond acceptors (Lipinski definition) is 3. The highest BCUT2D eigenvalue weighted by molar-refractivity contribution is 5.78. The summed E-state index contributed by atoms with van der Waals surface area (Å²) in [5.41, 5.74) is -0.454. The molecule has 2 atom stereocenters. The highest BCUT2D eigenvalue weighted by atomic mass is 19.4. The lowest BCUT2D eigenvalue weighted by atomic mass is 10.1. The maximum absolute atomic E-state index is 13.6. The van der Waals surface area contributed by atoms with Gasteiger partial charge in [0.25, 0.3) is 0 Å². The van der Waals surface area contributed by atoms with E-state index >= 15 is 0 Å². The molecule has 1 N–H and O–H groups in total. The normalized spacial score (nSPS) is 22.0. The van der Waals surface area contributed by atoms with Gasteiger partial charge in [-0.15, -0.1) is 0 Å². The number of aromatic nitrogens is 1. The van der Waals surface area contributed by atoms with Crippen molar-refractivity contribution in [3.05, 3.63) is 29.2 Å². The lowest BCUT2D eigenvalue weighted by molar-refractivity contribution is -0.136. The summed E-state index contributed by atoms with van der Waals surface area (Å²) in [4.78, 5) is 4.17. The summed E-state index contributed by atoms with van der Waals surface area (Å²) in [6.07, 6.45) is -3.46.